The Hall–Kier alpha value is -1.05. The molecule has 1 rings (SSSR count). The largest absolute Gasteiger partial charge is 0.354 e. The molecule has 0 aliphatic heterocycles. The topological polar surface area (TPSA) is 22.0 Å². The Bertz CT molecular complexity index is 325. The molecule has 1 heterocycles. The van der Waals surface area contributed by atoms with Gasteiger partial charge in [-0.05, 0) is 31.2 Å². The van der Waals surface area contributed by atoms with E-state index in [0.29, 0.717) is 6.42 Å². The van der Waals surface area contributed by atoms with Gasteiger partial charge in [-0.2, -0.15) is 0 Å². The third-order valence-electron chi connectivity index (χ3n) is 2.75. The lowest BCUT2D eigenvalue weighted by Gasteiger charge is -2.05. The average Bonchev–Trinajstić information content (AvgIpc) is 2.66. The van der Waals surface area contributed by atoms with Crippen molar-refractivity contribution in [3.05, 3.63) is 24.0 Å². The van der Waals surface area contributed by atoms with Gasteiger partial charge in [-0.25, -0.2) is 0 Å². The normalized spacial score (nSPS) is 11.0. The molecule has 0 spiro atoms. The summed E-state index contributed by atoms with van der Waals surface area (Å²) >= 11 is 0. The Morgan fingerprint density at radius 2 is 2.19 bits per heavy atom. The minimum absolute atomic E-state index is 0.269. The summed E-state index contributed by atoms with van der Waals surface area (Å²) in [6, 6.07) is 1.94. The molecule has 2 heteroatoms. The molecule has 0 atom stereocenters. The van der Waals surface area contributed by atoms with Crippen molar-refractivity contribution in [2.24, 2.45) is 5.92 Å². The zero-order valence-corrected chi connectivity index (χ0v) is 10.7. The summed E-state index contributed by atoms with van der Waals surface area (Å²) in [5.74, 6) is 1.03. The lowest BCUT2D eigenvalue weighted by Crippen LogP contribution is -1.99. The maximum absolute atomic E-state index is 11.6. The van der Waals surface area contributed by atoms with Crippen LogP contribution in [0.3, 0.4) is 0 Å². The van der Waals surface area contributed by atoms with Gasteiger partial charge >= 0.3 is 0 Å². The zero-order valence-electron chi connectivity index (χ0n) is 10.7. The van der Waals surface area contributed by atoms with Crippen molar-refractivity contribution < 1.29 is 4.79 Å². The highest BCUT2D eigenvalue weighted by Gasteiger charge is 2.05. The van der Waals surface area contributed by atoms with Crippen molar-refractivity contribution in [3.63, 3.8) is 0 Å². The molecule has 0 aliphatic carbocycles. The predicted octanol–water partition coefficient (Wildman–Crippen LogP) is 3.91. The summed E-state index contributed by atoms with van der Waals surface area (Å²) in [5, 5.41) is 0. The maximum Gasteiger partial charge on any atom is 0.164 e. The lowest BCUT2D eigenvalue weighted by atomic mass is 10.1. The molecule has 0 aromatic carbocycles. The van der Waals surface area contributed by atoms with Crippen LogP contribution in [0.4, 0.5) is 0 Å². The van der Waals surface area contributed by atoms with Crippen LogP contribution in [0.2, 0.25) is 0 Å². The van der Waals surface area contributed by atoms with E-state index in [1.54, 1.807) is 0 Å². The highest BCUT2D eigenvalue weighted by Crippen LogP contribution is 2.09. The lowest BCUT2D eigenvalue weighted by molar-refractivity contribution is 0.0981. The molecule has 16 heavy (non-hydrogen) atoms. The molecular formula is C14H23NO. The second-order valence-electron chi connectivity index (χ2n) is 4.85. The number of aromatic nitrogens is 1. The molecular weight excluding hydrogens is 198 g/mol. The Morgan fingerprint density at radius 3 is 2.81 bits per heavy atom. The number of ketones is 1. The second kappa shape index (κ2) is 6.51. The minimum atomic E-state index is 0.269. The molecule has 0 N–H and O–H groups in total. The van der Waals surface area contributed by atoms with Crippen LogP contribution in [-0.2, 0) is 6.54 Å². The third-order valence-corrected chi connectivity index (χ3v) is 2.75. The van der Waals surface area contributed by atoms with E-state index >= 15 is 0 Å². The molecule has 1 aromatic heterocycles. The molecule has 90 valence electrons. The fourth-order valence-corrected chi connectivity index (χ4v) is 1.80. The van der Waals surface area contributed by atoms with E-state index < -0.39 is 0 Å². The highest BCUT2D eigenvalue weighted by molar-refractivity contribution is 5.95. The zero-order chi connectivity index (χ0) is 12.0. The van der Waals surface area contributed by atoms with Gasteiger partial charge in [0, 0.05) is 30.9 Å². The monoisotopic (exact) mass is 221 g/mol. The number of aryl methyl sites for hydroxylation is 1. The fourth-order valence-electron chi connectivity index (χ4n) is 1.80. The summed E-state index contributed by atoms with van der Waals surface area (Å²) in [7, 11) is 0. The smallest absolute Gasteiger partial charge is 0.164 e. The van der Waals surface area contributed by atoms with Gasteiger partial charge in [-0.15, -0.1) is 0 Å². The first-order chi connectivity index (χ1) is 7.63. The predicted molar refractivity (Wildman–Crippen MR) is 67.7 cm³/mol. The summed E-state index contributed by atoms with van der Waals surface area (Å²) in [6.07, 6.45) is 8.03. The van der Waals surface area contributed by atoms with Crippen LogP contribution < -0.4 is 0 Å². The van der Waals surface area contributed by atoms with Gasteiger partial charge in [0.2, 0.25) is 0 Å². The molecule has 2 nitrogen and oxygen atoms in total. The van der Waals surface area contributed by atoms with Gasteiger partial charge in [0.25, 0.3) is 0 Å². The van der Waals surface area contributed by atoms with Crippen LogP contribution in [0.15, 0.2) is 18.5 Å². The van der Waals surface area contributed by atoms with E-state index in [2.05, 4.69) is 18.4 Å². The van der Waals surface area contributed by atoms with Crippen molar-refractivity contribution in [2.45, 2.75) is 53.0 Å². The molecule has 0 fully saturated rings. The minimum Gasteiger partial charge on any atom is -0.354 e. The third kappa shape index (κ3) is 4.21. The maximum atomic E-state index is 11.6. The average molecular weight is 221 g/mol. The highest BCUT2D eigenvalue weighted by atomic mass is 16.1. The van der Waals surface area contributed by atoms with Gasteiger partial charge in [0.05, 0.1) is 0 Å². The summed E-state index contributed by atoms with van der Waals surface area (Å²) in [5.41, 5.74) is 0.867. The van der Waals surface area contributed by atoms with Crippen LogP contribution in [0.25, 0.3) is 0 Å². The first-order valence-corrected chi connectivity index (χ1v) is 6.32. The van der Waals surface area contributed by atoms with Crippen LogP contribution in [0.1, 0.15) is 56.8 Å². The Balaban J connectivity index is 2.42. The standard InChI is InChI=1S/C14H23NO/c1-4-6-14(16)13-8-10-15(11-13)9-5-7-12(2)3/h8,10-12H,4-7,9H2,1-3H3. The number of carbonyl (C=O) groups excluding carboxylic acids is 1. The fraction of sp³-hybridized carbons (Fsp3) is 0.643. The SMILES string of the molecule is CCCC(=O)c1ccn(CCCC(C)C)c1. The Kier molecular flexibility index (Phi) is 5.30. The first-order valence-electron chi connectivity index (χ1n) is 6.32. The van der Waals surface area contributed by atoms with E-state index in [-0.39, 0.29) is 5.78 Å². The van der Waals surface area contributed by atoms with Gasteiger partial charge in [0.15, 0.2) is 5.78 Å². The van der Waals surface area contributed by atoms with E-state index in [1.165, 1.54) is 12.8 Å². The number of rotatable bonds is 7. The number of hydrogen-bond acceptors (Lipinski definition) is 1. The molecule has 0 amide bonds. The van der Waals surface area contributed by atoms with Crippen LogP contribution in [0.5, 0.6) is 0 Å². The van der Waals surface area contributed by atoms with Crippen molar-refractivity contribution in [1.29, 1.82) is 0 Å². The van der Waals surface area contributed by atoms with Crippen molar-refractivity contribution >= 4 is 5.78 Å². The molecule has 0 aliphatic rings. The van der Waals surface area contributed by atoms with Gasteiger partial charge in [-0.3, -0.25) is 4.79 Å². The molecule has 0 saturated carbocycles. The number of carbonyl (C=O) groups is 1. The quantitative estimate of drug-likeness (QED) is 0.640. The molecule has 0 bridgehead atoms. The van der Waals surface area contributed by atoms with Crippen LogP contribution in [-0.4, -0.2) is 10.4 Å². The molecule has 0 saturated heterocycles. The van der Waals surface area contributed by atoms with Gasteiger partial charge < -0.3 is 4.57 Å². The summed E-state index contributed by atoms with van der Waals surface area (Å²) in [4.78, 5) is 11.6. The van der Waals surface area contributed by atoms with Crippen LogP contribution in [0, 0.1) is 5.92 Å². The number of nitrogens with zero attached hydrogens (tertiary/aromatic N) is 1. The van der Waals surface area contributed by atoms with Crippen molar-refractivity contribution in [1.82, 2.24) is 4.57 Å². The molecule has 0 radical (unpaired) electrons. The van der Waals surface area contributed by atoms with E-state index in [0.717, 1.165) is 24.4 Å². The van der Waals surface area contributed by atoms with Gasteiger partial charge in [0.1, 0.15) is 0 Å². The number of Topliss-reactive ketones (excluding diaryl/α,β-unsaturated/α-hetero) is 1. The van der Waals surface area contributed by atoms with Crippen LogP contribution >= 0.6 is 0 Å². The Morgan fingerprint density at radius 1 is 1.44 bits per heavy atom. The van der Waals surface area contributed by atoms with Crippen molar-refractivity contribution in [2.75, 3.05) is 0 Å². The second-order valence-corrected chi connectivity index (χ2v) is 4.85. The number of hydrogen-bond donors (Lipinski definition) is 0. The summed E-state index contributed by atoms with van der Waals surface area (Å²) in [6.45, 7) is 7.55. The molecule has 1 aromatic rings. The Labute approximate surface area is 98.7 Å². The summed E-state index contributed by atoms with van der Waals surface area (Å²) < 4.78 is 2.13. The molecule has 0 unspecified atom stereocenters. The first kappa shape index (κ1) is 13.0. The van der Waals surface area contributed by atoms with Gasteiger partial charge in [-0.1, -0.05) is 20.8 Å². The van der Waals surface area contributed by atoms with E-state index in [4.69, 9.17) is 0 Å². The van der Waals surface area contributed by atoms with E-state index in [9.17, 15) is 4.79 Å². The van der Waals surface area contributed by atoms with E-state index in [1.807, 2.05) is 25.4 Å². The van der Waals surface area contributed by atoms with Crippen molar-refractivity contribution in [3.8, 4) is 0 Å².